The SMILES string of the molecule is CNC(=O)C1CN(C(=O)c2cnco2)CCN(S(C)(=O)=O)C1. The Morgan fingerprint density at radius 3 is 2.64 bits per heavy atom. The predicted molar refractivity (Wildman–Crippen MR) is 76.4 cm³/mol. The molecule has 9 nitrogen and oxygen atoms in total. The zero-order valence-corrected chi connectivity index (χ0v) is 13.2. The summed E-state index contributed by atoms with van der Waals surface area (Å²) in [6.45, 7) is 0.468. The molecule has 2 amide bonds. The predicted octanol–water partition coefficient (Wildman–Crippen LogP) is -1.25. The number of hydrogen-bond donors (Lipinski definition) is 1. The van der Waals surface area contributed by atoms with E-state index in [4.69, 9.17) is 4.42 Å². The summed E-state index contributed by atoms with van der Waals surface area (Å²) in [5.74, 6) is -1.31. The number of sulfonamides is 1. The lowest BCUT2D eigenvalue weighted by Gasteiger charge is -2.22. The van der Waals surface area contributed by atoms with E-state index in [9.17, 15) is 18.0 Å². The van der Waals surface area contributed by atoms with Gasteiger partial charge in [-0.25, -0.2) is 13.4 Å². The van der Waals surface area contributed by atoms with Crippen molar-refractivity contribution in [2.24, 2.45) is 5.92 Å². The first-order chi connectivity index (χ1) is 10.3. The Hall–Kier alpha value is -1.94. The van der Waals surface area contributed by atoms with E-state index < -0.39 is 21.8 Å². The fourth-order valence-corrected chi connectivity index (χ4v) is 3.18. The van der Waals surface area contributed by atoms with Crippen molar-refractivity contribution in [1.82, 2.24) is 19.5 Å². The number of nitrogens with one attached hydrogen (secondary N) is 1. The second-order valence-corrected chi connectivity index (χ2v) is 7.03. The van der Waals surface area contributed by atoms with Crippen molar-refractivity contribution in [3.63, 3.8) is 0 Å². The number of carbonyl (C=O) groups is 2. The number of amides is 2. The van der Waals surface area contributed by atoms with Gasteiger partial charge in [0.15, 0.2) is 6.39 Å². The molecule has 2 rings (SSSR count). The molecule has 2 heterocycles. The summed E-state index contributed by atoms with van der Waals surface area (Å²) in [6.07, 6.45) is 3.52. The quantitative estimate of drug-likeness (QED) is 0.741. The fraction of sp³-hybridized carbons (Fsp3) is 0.583. The molecule has 10 heteroatoms. The molecular formula is C12H18N4O5S. The van der Waals surface area contributed by atoms with Crippen molar-refractivity contribution in [1.29, 1.82) is 0 Å². The normalized spacial score (nSPS) is 20.5. The van der Waals surface area contributed by atoms with Gasteiger partial charge in [0.1, 0.15) is 0 Å². The van der Waals surface area contributed by atoms with E-state index in [1.165, 1.54) is 22.4 Å². The Labute approximate surface area is 128 Å². The summed E-state index contributed by atoms with van der Waals surface area (Å²) >= 11 is 0. The lowest BCUT2D eigenvalue weighted by Crippen LogP contribution is -2.42. The number of oxazole rings is 1. The van der Waals surface area contributed by atoms with Crippen molar-refractivity contribution < 1.29 is 22.4 Å². The number of rotatable bonds is 3. The highest BCUT2D eigenvalue weighted by atomic mass is 32.2. The molecule has 1 N–H and O–H groups in total. The fourth-order valence-electron chi connectivity index (χ4n) is 2.32. The maximum absolute atomic E-state index is 12.3. The van der Waals surface area contributed by atoms with Gasteiger partial charge < -0.3 is 14.6 Å². The summed E-state index contributed by atoms with van der Waals surface area (Å²) in [5.41, 5.74) is 0. The van der Waals surface area contributed by atoms with Crippen LogP contribution < -0.4 is 5.32 Å². The van der Waals surface area contributed by atoms with E-state index in [0.29, 0.717) is 0 Å². The van der Waals surface area contributed by atoms with Gasteiger partial charge in [0.05, 0.1) is 18.4 Å². The standard InChI is InChI=1S/C12H18N4O5S/c1-13-11(17)9-6-15(12(18)10-5-14-8-21-10)3-4-16(7-9)22(2,19)20/h5,8-9H,3-4,6-7H2,1-2H3,(H,13,17). The third kappa shape index (κ3) is 3.63. The first-order valence-corrected chi connectivity index (χ1v) is 8.52. The van der Waals surface area contributed by atoms with E-state index in [-0.39, 0.29) is 37.8 Å². The van der Waals surface area contributed by atoms with E-state index >= 15 is 0 Å². The van der Waals surface area contributed by atoms with Gasteiger partial charge >= 0.3 is 0 Å². The van der Waals surface area contributed by atoms with Crippen molar-refractivity contribution in [2.75, 3.05) is 39.5 Å². The molecule has 0 bridgehead atoms. The first kappa shape index (κ1) is 16.4. The van der Waals surface area contributed by atoms with Crippen molar-refractivity contribution >= 4 is 21.8 Å². The lowest BCUT2D eigenvalue weighted by molar-refractivity contribution is -0.124. The molecule has 1 atom stereocenters. The molecule has 0 aliphatic carbocycles. The maximum Gasteiger partial charge on any atom is 0.291 e. The second-order valence-electron chi connectivity index (χ2n) is 5.05. The Kier molecular flexibility index (Phi) is 4.81. The molecule has 22 heavy (non-hydrogen) atoms. The summed E-state index contributed by atoms with van der Waals surface area (Å²) in [6, 6.07) is 0. The van der Waals surface area contributed by atoms with Gasteiger partial charge in [0, 0.05) is 33.2 Å². The van der Waals surface area contributed by atoms with Crippen LogP contribution >= 0.6 is 0 Å². The number of carbonyl (C=O) groups excluding carboxylic acids is 2. The van der Waals surface area contributed by atoms with Crippen LogP contribution in [0.3, 0.4) is 0 Å². The largest absolute Gasteiger partial charge is 0.438 e. The van der Waals surface area contributed by atoms with Gasteiger partial charge in [-0.15, -0.1) is 0 Å². The molecule has 0 aromatic carbocycles. The average Bonchev–Trinajstić information content (AvgIpc) is 2.89. The van der Waals surface area contributed by atoms with Gasteiger partial charge in [-0.05, 0) is 0 Å². The minimum absolute atomic E-state index is 0.0404. The molecule has 1 aromatic heterocycles. The smallest absolute Gasteiger partial charge is 0.291 e. The zero-order valence-electron chi connectivity index (χ0n) is 12.4. The van der Waals surface area contributed by atoms with Crippen molar-refractivity contribution in [2.45, 2.75) is 0 Å². The molecule has 0 radical (unpaired) electrons. The minimum Gasteiger partial charge on any atom is -0.438 e. The van der Waals surface area contributed by atoms with Crippen LogP contribution in [-0.4, -0.2) is 73.9 Å². The van der Waals surface area contributed by atoms with Gasteiger partial charge in [-0.2, -0.15) is 4.31 Å². The maximum atomic E-state index is 12.3. The highest BCUT2D eigenvalue weighted by Crippen LogP contribution is 2.15. The molecule has 1 fully saturated rings. The Morgan fingerprint density at radius 1 is 1.36 bits per heavy atom. The average molecular weight is 330 g/mol. The molecule has 1 aliphatic rings. The van der Waals surface area contributed by atoms with Crippen molar-refractivity contribution in [3.05, 3.63) is 18.4 Å². The Balaban J connectivity index is 2.23. The highest BCUT2D eigenvalue weighted by Gasteiger charge is 2.33. The van der Waals surface area contributed by atoms with Gasteiger partial charge in [0.2, 0.25) is 21.7 Å². The zero-order chi connectivity index (χ0) is 16.3. The topological polar surface area (TPSA) is 113 Å². The lowest BCUT2D eigenvalue weighted by atomic mass is 10.1. The van der Waals surface area contributed by atoms with Crippen LogP contribution in [0.5, 0.6) is 0 Å². The Morgan fingerprint density at radius 2 is 2.09 bits per heavy atom. The van der Waals surface area contributed by atoms with E-state index in [0.717, 1.165) is 12.6 Å². The molecule has 0 saturated carbocycles. The second kappa shape index (κ2) is 6.44. The summed E-state index contributed by atoms with van der Waals surface area (Å²) in [7, 11) is -1.97. The van der Waals surface area contributed by atoms with E-state index in [1.807, 2.05) is 0 Å². The molecule has 122 valence electrons. The van der Waals surface area contributed by atoms with Crippen LogP contribution in [0.1, 0.15) is 10.6 Å². The summed E-state index contributed by atoms with van der Waals surface area (Å²) in [5, 5.41) is 2.49. The number of nitrogens with zero attached hydrogens (tertiary/aromatic N) is 3. The monoisotopic (exact) mass is 330 g/mol. The van der Waals surface area contributed by atoms with Gasteiger partial charge in [-0.3, -0.25) is 9.59 Å². The third-order valence-electron chi connectivity index (χ3n) is 3.50. The molecule has 0 spiro atoms. The van der Waals surface area contributed by atoms with E-state index in [2.05, 4.69) is 10.3 Å². The van der Waals surface area contributed by atoms with Gasteiger partial charge in [-0.1, -0.05) is 0 Å². The third-order valence-corrected chi connectivity index (χ3v) is 4.77. The molecule has 1 aliphatic heterocycles. The van der Waals surface area contributed by atoms with E-state index in [1.54, 1.807) is 0 Å². The minimum atomic E-state index is -3.45. The molecule has 1 saturated heterocycles. The summed E-state index contributed by atoms with van der Waals surface area (Å²) in [4.78, 5) is 29.4. The van der Waals surface area contributed by atoms with Crippen LogP contribution in [0, 0.1) is 5.92 Å². The van der Waals surface area contributed by atoms with Crippen LogP contribution in [0.25, 0.3) is 0 Å². The number of hydrogen-bond acceptors (Lipinski definition) is 6. The summed E-state index contributed by atoms with van der Waals surface area (Å²) < 4.78 is 29.7. The van der Waals surface area contributed by atoms with Crippen LogP contribution in [-0.2, 0) is 14.8 Å². The molecule has 1 aromatic rings. The first-order valence-electron chi connectivity index (χ1n) is 6.67. The van der Waals surface area contributed by atoms with Crippen LogP contribution in [0.4, 0.5) is 0 Å². The Bertz CT molecular complexity index is 642. The number of aromatic nitrogens is 1. The van der Waals surface area contributed by atoms with Gasteiger partial charge in [0.25, 0.3) is 5.91 Å². The van der Waals surface area contributed by atoms with Crippen LogP contribution in [0.15, 0.2) is 17.0 Å². The molecular weight excluding hydrogens is 312 g/mol. The van der Waals surface area contributed by atoms with Crippen molar-refractivity contribution in [3.8, 4) is 0 Å². The molecule has 1 unspecified atom stereocenters. The van der Waals surface area contributed by atoms with Crippen LogP contribution in [0.2, 0.25) is 0 Å². The highest BCUT2D eigenvalue weighted by molar-refractivity contribution is 7.88.